The van der Waals surface area contributed by atoms with Gasteiger partial charge in [0.05, 0.1) is 0 Å². The van der Waals surface area contributed by atoms with Crippen LogP contribution in [0.4, 0.5) is 0 Å². The lowest BCUT2D eigenvalue weighted by atomic mass is 9.97. The van der Waals surface area contributed by atoms with Crippen molar-refractivity contribution in [3.63, 3.8) is 0 Å². The molecule has 1 N–H and O–H groups in total. The molecule has 0 spiro atoms. The van der Waals surface area contributed by atoms with E-state index in [9.17, 15) is 0 Å². The van der Waals surface area contributed by atoms with E-state index in [1.54, 1.807) is 0 Å². The summed E-state index contributed by atoms with van der Waals surface area (Å²) in [6.45, 7) is 4.47. The fourth-order valence-electron chi connectivity index (χ4n) is 3.92. The molecule has 1 aliphatic heterocycles. The highest BCUT2D eigenvalue weighted by Crippen LogP contribution is 2.31. The molecule has 0 radical (unpaired) electrons. The monoisotopic (exact) mass is 308 g/mol. The third kappa shape index (κ3) is 2.87. The van der Waals surface area contributed by atoms with E-state index in [1.807, 2.05) is 13.1 Å². The van der Waals surface area contributed by atoms with E-state index in [2.05, 4.69) is 46.6 Å². The summed E-state index contributed by atoms with van der Waals surface area (Å²) in [5.74, 6) is 0.767. The number of likely N-dealkylation sites (tertiary alicyclic amines) is 1. The van der Waals surface area contributed by atoms with Gasteiger partial charge in [-0.1, -0.05) is 36.4 Å². The number of rotatable bonds is 4. The van der Waals surface area contributed by atoms with Gasteiger partial charge in [-0.2, -0.15) is 0 Å². The summed E-state index contributed by atoms with van der Waals surface area (Å²) in [5.41, 5.74) is 3.36. The smallest absolute Gasteiger partial charge is 0.139 e. The van der Waals surface area contributed by atoms with E-state index in [0.717, 1.165) is 30.2 Å². The Morgan fingerprint density at radius 2 is 2.00 bits per heavy atom. The van der Waals surface area contributed by atoms with Crippen molar-refractivity contribution in [1.82, 2.24) is 10.2 Å². The molecule has 0 amide bonds. The van der Waals surface area contributed by atoms with Gasteiger partial charge in [0.15, 0.2) is 0 Å². The lowest BCUT2D eigenvalue weighted by Crippen LogP contribution is -2.38. The van der Waals surface area contributed by atoms with Gasteiger partial charge in [-0.3, -0.25) is 4.90 Å². The van der Waals surface area contributed by atoms with E-state index in [1.165, 1.54) is 42.3 Å². The molecule has 1 fully saturated rings. The molecule has 1 aliphatic rings. The van der Waals surface area contributed by atoms with Gasteiger partial charge in [0, 0.05) is 29.4 Å². The van der Waals surface area contributed by atoms with Crippen LogP contribution < -0.4 is 5.32 Å². The van der Waals surface area contributed by atoms with E-state index in [-0.39, 0.29) is 0 Å². The molecule has 1 unspecified atom stereocenters. The highest BCUT2D eigenvalue weighted by atomic mass is 16.3. The van der Waals surface area contributed by atoms with Gasteiger partial charge in [-0.15, -0.1) is 0 Å². The normalized spacial score (nSPS) is 19.6. The first kappa shape index (κ1) is 14.7. The van der Waals surface area contributed by atoms with Crippen LogP contribution in [-0.4, -0.2) is 31.6 Å². The van der Waals surface area contributed by atoms with Gasteiger partial charge >= 0.3 is 0 Å². The molecule has 1 atom stereocenters. The first-order valence-electron chi connectivity index (χ1n) is 8.61. The fourth-order valence-corrected chi connectivity index (χ4v) is 3.92. The SMILES string of the molecule is CNCC1CCCN(Cc2cccc3c2oc2ccccc23)C1. The third-order valence-corrected chi connectivity index (χ3v) is 4.98. The molecule has 3 heteroatoms. The number of hydrogen-bond donors (Lipinski definition) is 1. The minimum Gasteiger partial charge on any atom is -0.456 e. The molecule has 2 aromatic carbocycles. The first-order chi connectivity index (χ1) is 11.3. The number of piperidine rings is 1. The minimum atomic E-state index is 0.767. The van der Waals surface area contributed by atoms with Gasteiger partial charge in [-0.25, -0.2) is 0 Å². The van der Waals surface area contributed by atoms with Gasteiger partial charge in [-0.05, 0) is 45.0 Å². The maximum atomic E-state index is 6.16. The average Bonchev–Trinajstić information content (AvgIpc) is 2.96. The third-order valence-electron chi connectivity index (χ3n) is 4.98. The standard InChI is InChI=1S/C20H24N2O/c1-21-12-15-6-5-11-22(13-15)14-16-7-4-9-18-17-8-2-3-10-19(17)23-20(16)18/h2-4,7-10,15,21H,5-6,11-14H2,1H3. The van der Waals surface area contributed by atoms with E-state index < -0.39 is 0 Å². The summed E-state index contributed by atoms with van der Waals surface area (Å²) in [7, 11) is 2.05. The molecule has 0 bridgehead atoms. The van der Waals surface area contributed by atoms with Crippen LogP contribution in [-0.2, 0) is 6.54 Å². The zero-order valence-electron chi connectivity index (χ0n) is 13.7. The maximum absolute atomic E-state index is 6.16. The van der Waals surface area contributed by atoms with Crippen LogP contribution in [0, 0.1) is 5.92 Å². The predicted octanol–water partition coefficient (Wildman–Crippen LogP) is 4.02. The van der Waals surface area contributed by atoms with Crippen molar-refractivity contribution in [2.24, 2.45) is 5.92 Å². The molecule has 1 saturated heterocycles. The Balaban J connectivity index is 1.64. The van der Waals surface area contributed by atoms with Crippen LogP contribution in [0.5, 0.6) is 0 Å². The maximum Gasteiger partial charge on any atom is 0.139 e. The Morgan fingerprint density at radius 3 is 2.91 bits per heavy atom. The number of nitrogens with zero attached hydrogens (tertiary/aromatic N) is 1. The molecule has 3 aromatic rings. The number of nitrogens with one attached hydrogen (secondary N) is 1. The topological polar surface area (TPSA) is 28.4 Å². The van der Waals surface area contributed by atoms with Gasteiger partial charge in [0.25, 0.3) is 0 Å². The summed E-state index contributed by atoms with van der Waals surface area (Å²) in [6, 6.07) is 14.9. The Bertz CT molecular complexity index is 806. The molecular formula is C20H24N2O. The zero-order chi connectivity index (χ0) is 15.6. The van der Waals surface area contributed by atoms with E-state index in [0.29, 0.717) is 0 Å². The summed E-state index contributed by atoms with van der Waals surface area (Å²) >= 11 is 0. The molecule has 2 heterocycles. The van der Waals surface area contributed by atoms with Crippen molar-refractivity contribution < 1.29 is 4.42 Å². The summed E-state index contributed by atoms with van der Waals surface area (Å²) < 4.78 is 6.16. The number of para-hydroxylation sites is 2. The van der Waals surface area contributed by atoms with E-state index >= 15 is 0 Å². The molecule has 3 nitrogen and oxygen atoms in total. The largest absolute Gasteiger partial charge is 0.456 e. The zero-order valence-corrected chi connectivity index (χ0v) is 13.7. The minimum absolute atomic E-state index is 0.767. The van der Waals surface area contributed by atoms with Gasteiger partial charge in [0.1, 0.15) is 11.2 Å². The van der Waals surface area contributed by atoms with Crippen LogP contribution in [0.1, 0.15) is 18.4 Å². The molecule has 1 aromatic heterocycles. The lowest BCUT2D eigenvalue weighted by Gasteiger charge is -2.32. The van der Waals surface area contributed by atoms with Crippen LogP contribution in [0.15, 0.2) is 46.9 Å². The Kier molecular flexibility index (Phi) is 4.06. The number of hydrogen-bond acceptors (Lipinski definition) is 3. The lowest BCUT2D eigenvalue weighted by molar-refractivity contribution is 0.167. The quantitative estimate of drug-likeness (QED) is 0.789. The second-order valence-electron chi connectivity index (χ2n) is 6.69. The summed E-state index contributed by atoms with van der Waals surface area (Å²) in [5, 5.41) is 5.78. The van der Waals surface area contributed by atoms with Crippen LogP contribution in [0.3, 0.4) is 0 Å². The second kappa shape index (κ2) is 6.34. The molecule has 0 aliphatic carbocycles. The summed E-state index contributed by atoms with van der Waals surface area (Å²) in [4.78, 5) is 2.58. The molecule has 120 valence electrons. The fraction of sp³-hybridized carbons (Fsp3) is 0.400. The molecular weight excluding hydrogens is 284 g/mol. The van der Waals surface area contributed by atoms with Crippen LogP contribution in [0.25, 0.3) is 21.9 Å². The Hall–Kier alpha value is -1.84. The predicted molar refractivity (Wildman–Crippen MR) is 95.6 cm³/mol. The van der Waals surface area contributed by atoms with E-state index in [4.69, 9.17) is 4.42 Å². The Morgan fingerprint density at radius 1 is 1.13 bits per heavy atom. The van der Waals surface area contributed by atoms with Crippen molar-refractivity contribution >= 4 is 21.9 Å². The Labute approximate surface area is 137 Å². The van der Waals surface area contributed by atoms with Crippen molar-refractivity contribution in [3.05, 3.63) is 48.0 Å². The molecule has 4 rings (SSSR count). The van der Waals surface area contributed by atoms with Gasteiger partial charge in [0.2, 0.25) is 0 Å². The highest BCUT2D eigenvalue weighted by molar-refractivity contribution is 6.05. The van der Waals surface area contributed by atoms with Crippen molar-refractivity contribution in [2.45, 2.75) is 19.4 Å². The van der Waals surface area contributed by atoms with Crippen molar-refractivity contribution in [2.75, 3.05) is 26.7 Å². The summed E-state index contributed by atoms with van der Waals surface area (Å²) in [6.07, 6.45) is 2.63. The highest BCUT2D eigenvalue weighted by Gasteiger charge is 2.20. The van der Waals surface area contributed by atoms with Crippen molar-refractivity contribution in [1.29, 1.82) is 0 Å². The van der Waals surface area contributed by atoms with Crippen LogP contribution in [0.2, 0.25) is 0 Å². The number of fused-ring (bicyclic) bond motifs is 3. The first-order valence-corrected chi connectivity index (χ1v) is 8.61. The van der Waals surface area contributed by atoms with Gasteiger partial charge < -0.3 is 9.73 Å². The van der Waals surface area contributed by atoms with Crippen LogP contribution >= 0.6 is 0 Å². The number of benzene rings is 2. The second-order valence-corrected chi connectivity index (χ2v) is 6.69. The average molecular weight is 308 g/mol. The number of furan rings is 1. The molecule has 23 heavy (non-hydrogen) atoms. The van der Waals surface area contributed by atoms with Crippen molar-refractivity contribution in [3.8, 4) is 0 Å². The molecule has 0 saturated carbocycles.